The molecule has 1 atom stereocenters. The van der Waals surface area contributed by atoms with Crippen molar-refractivity contribution in [1.29, 1.82) is 0 Å². The predicted octanol–water partition coefficient (Wildman–Crippen LogP) is 2.30. The van der Waals surface area contributed by atoms with E-state index in [9.17, 15) is 0 Å². The highest BCUT2D eigenvalue weighted by molar-refractivity contribution is 5.85. The molecule has 1 fully saturated rings. The first-order valence-corrected chi connectivity index (χ1v) is 6.79. The van der Waals surface area contributed by atoms with Gasteiger partial charge in [-0.1, -0.05) is 27.7 Å². The van der Waals surface area contributed by atoms with Crippen LogP contribution in [0, 0.1) is 5.41 Å². The highest BCUT2D eigenvalue weighted by atomic mass is 35.5. The minimum Gasteiger partial charge on any atom is -0.330 e. The summed E-state index contributed by atoms with van der Waals surface area (Å²) in [6, 6.07) is 0. The third-order valence-electron chi connectivity index (χ3n) is 3.99. The van der Waals surface area contributed by atoms with E-state index in [2.05, 4.69) is 42.8 Å². The van der Waals surface area contributed by atoms with E-state index in [1.807, 2.05) is 6.20 Å². The van der Waals surface area contributed by atoms with Crippen LogP contribution in [-0.2, 0) is 12.0 Å². The van der Waals surface area contributed by atoms with Gasteiger partial charge >= 0.3 is 0 Å². The molecule has 1 unspecified atom stereocenters. The van der Waals surface area contributed by atoms with Gasteiger partial charge in [-0.15, -0.1) is 12.4 Å². The lowest BCUT2D eigenvalue weighted by Gasteiger charge is -2.24. The Hall–Kier alpha value is -0.580. The van der Waals surface area contributed by atoms with Crippen molar-refractivity contribution in [2.75, 3.05) is 19.6 Å². The van der Waals surface area contributed by atoms with Gasteiger partial charge in [0.2, 0.25) is 0 Å². The molecule has 110 valence electrons. The summed E-state index contributed by atoms with van der Waals surface area (Å²) in [6.07, 6.45) is 3.17. The zero-order valence-corrected chi connectivity index (χ0v) is 13.3. The molecular weight excluding hydrogens is 260 g/mol. The number of aromatic nitrogens is 2. The largest absolute Gasteiger partial charge is 0.330 e. The van der Waals surface area contributed by atoms with E-state index >= 15 is 0 Å². The van der Waals surface area contributed by atoms with Gasteiger partial charge in [0.25, 0.3) is 0 Å². The van der Waals surface area contributed by atoms with Crippen LogP contribution >= 0.6 is 12.4 Å². The third-order valence-corrected chi connectivity index (χ3v) is 3.99. The highest BCUT2D eigenvalue weighted by Crippen LogP contribution is 2.31. The van der Waals surface area contributed by atoms with Crippen LogP contribution in [0.15, 0.2) is 6.20 Å². The minimum atomic E-state index is 0. The summed E-state index contributed by atoms with van der Waals surface area (Å²) in [4.78, 5) is 2.49. The van der Waals surface area contributed by atoms with E-state index in [1.165, 1.54) is 17.7 Å². The van der Waals surface area contributed by atoms with Crippen molar-refractivity contribution in [2.45, 2.75) is 46.1 Å². The zero-order chi connectivity index (χ0) is 13.4. The second-order valence-corrected chi connectivity index (χ2v) is 7.00. The summed E-state index contributed by atoms with van der Waals surface area (Å²) in [5.74, 6) is 0. The number of H-pyrrole nitrogens is 1. The number of halogens is 1. The molecule has 1 aliphatic heterocycles. The van der Waals surface area contributed by atoms with Crippen LogP contribution in [0.25, 0.3) is 0 Å². The first kappa shape index (κ1) is 16.5. The van der Waals surface area contributed by atoms with E-state index < -0.39 is 0 Å². The summed E-state index contributed by atoms with van der Waals surface area (Å²) in [5, 5.41) is 7.36. The Morgan fingerprint density at radius 2 is 2.16 bits per heavy atom. The molecule has 0 bridgehead atoms. The number of rotatable bonds is 3. The van der Waals surface area contributed by atoms with Crippen LogP contribution in [-0.4, -0.2) is 34.7 Å². The van der Waals surface area contributed by atoms with Gasteiger partial charge in [-0.05, 0) is 24.9 Å². The Morgan fingerprint density at radius 1 is 1.47 bits per heavy atom. The maximum Gasteiger partial charge on any atom is 0.0535 e. The fraction of sp³-hybridized carbons (Fsp3) is 0.786. The third kappa shape index (κ3) is 3.71. The van der Waals surface area contributed by atoms with Crippen LogP contribution in [0.5, 0.6) is 0 Å². The number of aromatic amines is 1. The lowest BCUT2D eigenvalue weighted by molar-refractivity contribution is 0.273. The zero-order valence-electron chi connectivity index (χ0n) is 12.5. The van der Waals surface area contributed by atoms with Crippen LogP contribution < -0.4 is 5.73 Å². The van der Waals surface area contributed by atoms with Crippen LogP contribution in [0.4, 0.5) is 0 Å². The van der Waals surface area contributed by atoms with Crippen molar-refractivity contribution in [3.05, 3.63) is 17.5 Å². The molecule has 1 aromatic heterocycles. The van der Waals surface area contributed by atoms with Crippen LogP contribution in [0.2, 0.25) is 0 Å². The average Bonchev–Trinajstić information content (AvgIpc) is 2.86. The normalized spacial score (nSPS) is 24.5. The molecule has 0 spiro atoms. The SMILES string of the molecule is CC1(CN)CCN(Cc2cn[nH]c2C(C)(C)C)C1.Cl. The van der Waals surface area contributed by atoms with E-state index in [0.29, 0.717) is 5.41 Å². The maximum atomic E-state index is 5.86. The fourth-order valence-electron chi connectivity index (χ4n) is 2.75. The van der Waals surface area contributed by atoms with Gasteiger partial charge in [-0.3, -0.25) is 10.00 Å². The van der Waals surface area contributed by atoms with Crippen molar-refractivity contribution >= 4 is 12.4 Å². The van der Waals surface area contributed by atoms with E-state index in [4.69, 9.17) is 5.73 Å². The van der Waals surface area contributed by atoms with E-state index in [0.717, 1.165) is 26.2 Å². The van der Waals surface area contributed by atoms with Crippen molar-refractivity contribution in [3.8, 4) is 0 Å². The standard InChI is InChI=1S/C14H26N4.ClH/c1-13(2,3)12-11(7-16-17-12)8-18-6-5-14(4,9-15)10-18;/h7H,5-6,8-10,15H2,1-4H3,(H,16,17);1H. The van der Waals surface area contributed by atoms with Gasteiger partial charge in [-0.25, -0.2) is 0 Å². The molecule has 0 saturated carbocycles. The molecule has 2 rings (SSSR count). The van der Waals surface area contributed by atoms with Crippen molar-refractivity contribution < 1.29 is 0 Å². The smallest absolute Gasteiger partial charge is 0.0535 e. The molecule has 5 heteroatoms. The molecule has 1 saturated heterocycles. The van der Waals surface area contributed by atoms with Gasteiger partial charge in [0.15, 0.2) is 0 Å². The minimum absolute atomic E-state index is 0. The molecule has 2 heterocycles. The summed E-state index contributed by atoms with van der Waals surface area (Å²) < 4.78 is 0. The molecule has 1 aliphatic rings. The summed E-state index contributed by atoms with van der Waals surface area (Å²) in [6.45, 7) is 12.9. The van der Waals surface area contributed by atoms with E-state index in [-0.39, 0.29) is 17.8 Å². The topological polar surface area (TPSA) is 57.9 Å². The molecule has 0 aromatic carbocycles. The molecule has 1 aromatic rings. The Morgan fingerprint density at radius 3 is 2.68 bits per heavy atom. The fourth-order valence-corrected chi connectivity index (χ4v) is 2.75. The summed E-state index contributed by atoms with van der Waals surface area (Å²) in [7, 11) is 0. The monoisotopic (exact) mass is 286 g/mol. The second kappa shape index (κ2) is 5.81. The Bertz CT molecular complexity index is 410. The Labute approximate surface area is 122 Å². The number of hydrogen-bond donors (Lipinski definition) is 2. The lowest BCUT2D eigenvalue weighted by atomic mass is 9.89. The molecule has 0 radical (unpaired) electrons. The summed E-state index contributed by atoms with van der Waals surface area (Å²) in [5.41, 5.74) is 8.86. The number of nitrogens with two attached hydrogens (primary N) is 1. The number of nitrogens with one attached hydrogen (secondary N) is 1. The molecule has 3 N–H and O–H groups in total. The van der Waals surface area contributed by atoms with Gasteiger partial charge < -0.3 is 5.73 Å². The van der Waals surface area contributed by atoms with Crippen molar-refractivity contribution in [3.63, 3.8) is 0 Å². The van der Waals surface area contributed by atoms with Gasteiger partial charge in [0, 0.05) is 29.8 Å². The molecular formula is C14H27ClN4. The molecule has 19 heavy (non-hydrogen) atoms. The average molecular weight is 287 g/mol. The van der Waals surface area contributed by atoms with Crippen LogP contribution in [0.1, 0.15) is 45.4 Å². The van der Waals surface area contributed by atoms with Gasteiger partial charge in [-0.2, -0.15) is 5.10 Å². The first-order valence-electron chi connectivity index (χ1n) is 6.79. The van der Waals surface area contributed by atoms with Crippen LogP contribution in [0.3, 0.4) is 0 Å². The predicted molar refractivity (Wildman–Crippen MR) is 81.6 cm³/mol. The quantitative estimate of drug-likeness (QED) is 0.896. The molecule has 4 nitrogen and oxygen atoms in total. The maximum absolute atomic E-state index is 5.86. The Kier molecular flexibility index (Phi) is 5.04. The van der Waals surface area contributed by atoms with Gasteiger partial charge in [0.05, 0.1) is 6.20 Å². The second-order valence-electron chi connectivity index (χ2n) is 7.00. The summed E-state index contributed by atoms with van der Waals surface area (Å²) >= 11 is 0. The van der Waals surface area contributed by atoms with Gasteiger partial charge in [0.1, 0.15) is 0 Å². The van der Waals surface area contributed by atoms with E-state index in [1.54, 1.807) is 0 Å². The molecule has 0 amide bonds. The number of hydrogen-bond acceptors (Lipinski definition) is 3. The van der Waals surface area contributed by atoms with Crippen molar-refractivity contribution in [2.24, 2.45) is 11.1 Å². The highest BCUT2D eigenvalue weighted by Gasteiger charge is 2.33. The van der Waals surface area contributed by atoms with Crippen molar-refractivity contribution in [1.82, 2.24) is 15.1 Å². The number of nitrogens with zero attached hydrogens (tertiary/aromatic N) is 2. The Balaban J connectivity index is 0.00000180. The number of likely N-dealkylation sites (tertiary alicyclic amines) is 1. The first-order chi connectivity index (χ1) is 8.34. The lowest BCUT2D eigenvalue weighted by Crippen LogP contribution is -2.31. The molecule has 0 aliphatic carbocycles.